The Morgan fingerprint density at radius 2 is 2.20 bits per heavy atom. The van der Waals surface area contributed by atoms with Gasteiger partial charge < -0.3 is 14.8 Å². The van der Waals surface area contributed by atoms with Crippen molar-refractivity contribution in [3.8, 4) is 0 Å². The minimum Gasteiger partial charge on any atom is -0.354 e. The fourth-order valence-electron chi connectivity index (χ4n) is 3.81. The average Bonchev–Trinajstić information content (AvgIpc) is 3.05. The molecule has 1 saturated carbocycles. The van der Waals surface area contributed by atoms with E-state index in [1.165, 1.54) is 11.3 Å². The molecule has 1 N–H and O–H groups in total. The first kappa shape index (κ1) is 14.8. The maximum Gasteiger partial charge on any atom is 0.266 e. The maximum absolute atomic E-state index is 12.9. The number of nitrogens with one attached hydrogen (secondary N) is 1. The molecule has 2 aliphatic rings. The van der Waals surface area contributed by atoms with Crippen molar-refractivity contribution in [1.82, 2.24) is 24.8 Å². The number of amides is 1. The van der Waals surface area contributed by atoms with E-state index in [0.717, 1.165) is 60.6 Å². The standard InChI is InChI=1S/C17H18N6OS/c24-16(13-8-18-11-25-13)23-7-1-6-22(9-17(23)3-4-17)15-12-2-5-19-14(12)20-10-21-15/h2,5,8,10-11H,1,3-4,6-7,9H2,(H,19,20,21). The predicted molar refractivity (Wildman–Crippen MR) is 95.8 cm³/mol. The van der Waals surface area contributed by atoms with Crippen LogP contribution in [0.3, 0.4) is 0 Å². The van der Waals surface area contributed by atoms with E-state index < -0.39 is 0 Å². The first-order valence-corrected chi connectivity index (χ1v) is 9.38. The molecule has 0 radical (unpaired) electrons. The highest BCUT2D eigenvalue weighted by molar-refractivity contribution is 7.11. The highest BCUT2D eigenvalue weighted by Crippen LogP contribution is 2.45. The summed E-state index contributed by atoms with van der Waals surface area (Å²) in [5.74, 6) is 1.08. The zero-order chi connectivity index (χ0) is 16.9. The van der Waals surface area contributed by atoms with Gasteiger partial charge in [0.05, 0.1) is 22.6 Å². The van der Waals surface area contributed by atoms with Gasteiger partial charge in [-0.3, -0.25) is 9.78 Å². The number of thiazole rings is 1. The van der Waals surface area contributed by atoms with Gasteiger partial charge in [0.25, 0.3) is 5.91 Å². The van der Waals surface area contributed by atoms with E-state index in [2.05, 4.69) is 29.7 Å². The molecule has 128 valence electrons. The van der Waals surface area contributed by atoms with Crippen molar-refractivity contribution in [2.24, 2.45) is 0 Å². The molecule has 5 rings (SSSR count). The number of aromatic amines is 1. The monoisotopic (exact) mass is 354 g/mol. The van der Waals surface area contributed by atoms with Crippen LogP contribution < -0.4 is 4.90 Å². The Balaban J connectivity index is 1.47. The van der Waals surface area contributed by atoms with Crippen LogP contribution in [0.4, 0.5) is 5.82 Å². The topological polar surface area (TPSA) is 78.0 Å². The number of hydrogen-bond acceptors (Lipinski definition) is 6. The first-order chi connectivity index (χ1) is 12.3. The summed E-state index contributed by atoms with van der Waals surface area (Å²) in [5.41, 5.74) is 2.52. The molecule has 1 aliphatic carbocycles. The fourth-order valence-corrected chi connectivity index (χ4v) is 4.38. The summed E-state index contributed by atoms with van der Waals surface area (Å²) in [6, 6.07) is 2.02. The zero-order valence-electron chi connectivity index (χ0n) is 13.7. The number of nitrogens with zero attached hydrogens (tertiary/aromatic N) is 5. The Hall–Kier alpha value is -2.48. The molecule has 0 atom stereocenters. The summed E-state index contributed by atoms with van der Waals surface area (Å²) in [6.45, 7) is 2.51. The predicted octanol–water partition coefficient (Wildman–Crippen LogP) is 2.30. The molecule has 0 bridgehead atoms. The molecule has 25 heavy (non-hydrogen) atoms. The zero-order valence-corrected chi connectivity index (χ0v) is 14.5. The van der Waals surface area contributed by atoms with Gasteiger partial charge in [-0.05, 0) is 25.3 Å². The van der Waals surface area contributed by atoms with Crippen molar-refractivity contribution in [3.05, 3.63) is 35.2 Å². The van der Waals surface area contributed by atoms with Crippen molar-refractivity contribution in [2.75, 3.05) is 24.5 Å². The molecule has 4 heterocycles. The van der Waals surface area contributed by atoms with E-state index in [4.69, 9.17) is 0 Å². The Kier molecular flexibility index (Phi) is 3.27. The minimum absolute atomic E-state index is 0.0643. The van der Waals surface area contributed by atoms with Crippen LogP contribution in [0, 0.1) is 0 Å². The summed E-state index contributed by atoms with van der Waals surface area (Å²) in [4.78, 5) is 34.1. The number of fused-ring (bicyclic) bond motifs is 1. The average molecular weight is 354 g/mol. The second kappa shape index (κ2) is 5.52. The van der Waals surface area contributed by atoms with Crippen LogP contribution in [0.1, 0.15) is 28.9 Å². The Morgan fingerprint density at radius 1 is 1.28 bits per heavy atom. The van der Waals surface area contributed by atoms with Crippen LogP contribution in [0.15, 0.2) is 30.3 Å². The summed E-state index contributed by atoms with van der Waals surface area (Å²) in [5, 5.41) is 1.04. The molecule has 8 heteroatoms. The van der Waals surface area contributed by atoms with E-state index >= 15 is 0 Å². The molecule has 1 aliphatic heterocycles. The second-order valence-electron chi connectivity index (χ2n) is 6.76. The van der Waals surface area contributed by atoms with Gasteiger partial charge in [-0.1, -0.05) is 0 Å². The Morgan fingerprint density at radius 3 is 3.00 bits per heavy atom. The number of carbonyl (C=O) groups excluding carboxylic acids is 1. The third kappa shape index (κ3) is 2.39. The maximum atomic E-state index is 12.9. The lowest BCUT2D eigenvalue weighted by molar-refractivity contribution is 0.0674. The van der Waals surface area contributed by atoms with E-state index in [1.807, 2.05) is 12.3 Å². The van der Waals surface area contributed by atoms with E-state index in [-0.39, 0.29) is 11.4 Å². The van der Waals surface area contributed by atoms with Crippen LogP contribution in [-0.4, -0.2) is 55.9 Å². The SMILES string of the molecule is O=C(c1cncs1)N1CCCN(c2ncnc3[nH]ccc23)CC12CC2. The van der Waals surface area contributed by atoms with Crippen molar-refractivity contribution in [3.63, 3.8) is 0 Å². The fraction of sp³-hybridized carbons (Fsp3) is 0.412. The highest BCUT2D eigenvalue weighted by Gasteiger charge is 2.52. The lowest BCUT2D eigenvalue weighted by Gasteiger charge is -2.32. The van der Waals surface area contributed by atoms with Gasteiger partial charge in [0, 0.05) is 25.8 Å². The van der Waals surface area contributed by atoms with Crippen molar-refractivity contribution < 1.29 is 4.79 Å². The number of anilines is 1. The van der Waals surface area contributed by atoms with Gasteiger partial charge in [0.15, 0.2) is 0 Å². The molecule has 0 aromatic carbocycles. The van der Waals surface area contributed by atoms with Crippen molar-refractivity contribution in [1.29, 1.82) is 0 Å². The second-order valence-corrected chi connectivity index (χ2v) is 7.65. The third-order valence-electron chi connectivity index (χ3n) is 5.22. The number of rotatable bonds is 2. The van der Waals surface area contributed by atoms with Gasteiger partial charge in [-0.25, -0.2) is 9.97 Å². The Bertz CT molecular complexity index is 916. The largest absolute Gasteiger partial charge is 0.354 e. The van der Waals surface area contributed by atoms with Crippen molar-refractivity contribution >= 4 is 34.1 Å². The number of carbonyl (C=O) groups is 1. The number of aromatic nitrogens is 4. The number of H-pyrrole nitrogens is 1. The van der Waals surface area contributed by atoms with Crippen LogP contribution in [-0.2, 0) is 0 Å². The molecular formula is C17H18N6OS. The van der Waals surface area contributed by atoms with E-state index in [0.29, 0.717) is 0 Å². The van der Waals surface area contributed by atoms with Crippen LogP contribution in [0.5, 0.6) is 0 Å². The van der Waals surface area contributed by atoms with Gasteiger partial charge in [0.2, 0.25) is 0 Å². The smallest absolute Gasteiger partial charge is 0.266 e. The van der Waals surface area contributed by atoms with Gasteiger partial charge in [-0.15, -0.1) is 11.3 Å². The van der Waals surface area contributed by atoms with Crippen LogP contribution in [0.2, 0.25) is 0 Å². The summed E-state index contributed by atoms with van der Waals surface area (Å²) < 4.78 is 0. The minimum atomic E-state index is -0.0643. The molecule has 7 nitrogen and oxygen atoms in total. The number of hydrogen-bond donors (Lipinski definition) is 1. The molecular weight excluding hydrogens is 336 g/mol. The summed E-state index contributed by atoms with van der Waals surface area (Å²) >= 11 is 1.42. The molecule has 1 spiro atoms. The van der Waals surface area contributed by atoms with Gasteiger partial charge >= 0.3 is 0 Å². The van der Waals surface area contributed by atoms with Gasteiger partial charge in [-0.2, -0.15) is 0 Å². The first-order valence-electron chi connectivity index (χ1n) is 8.50. The lowest BCUT2D eigenvalue weighted by Crippen LogP contribution is -2.46. The van der Waals surface area contributed by atoms with E-state index in [9.17, 15) is 4.79 Å². The summed E-state index contributed by atoms with van der Waals surface area (Å²) in [6.07, 6.45) is 8.22. The van der Waals surface area contributed by atoms with Gasteiger partial charge in [0.1, 0.15) is 22.7 Å². The van der Waals surface area contributed by atoms with Crippen LogP contribution >= 0.6 is 11.3 Å². The third-order valence-corrected chi connectivity index (χ3v) is 5.98. The van der Waals surface area contributed by atoms with E-state index in [1.54, 1.807) is 18.0 Å². The molecule has 1 amide bonds. The highest BCUT2D eigenvalue weighted by atomic mass is 32.1. The molecule has 0 unspecified atom stereocenters. The molecule has 2 fully saturated rings. The van der Waals surface area contributed by atoms with Crippen LogP contribution in [0.25, 0.3) is 11.0 Å². The Labute approximate surface area is 148 Å². The lowest BCUT2D eigenvalue weighted by atomic mass is 10.2. The molecule has 3 aromatic heterocycles. The quantitative estimate of drug-likeness (QED) is 0.764. The summed E-state index contributed by atoms with van der Waals surface area (Å²) in [7, 11) is 0. The molecule has 1 saturated heterocycles. The normalized spacial score (nSPS) is 19.4. The van der Waals surface area contributed by atoms with Crippen molar-refractivity contribution in [2.45, 2.75) is 24.8 Å². The molecule has 3 aromatic rings.